The lowest BCUT2D eigenvalue weighted by Gasteiger charge is -2.33. The number of fused-ring (bicyclic) bond motifs is 1. The summed E-state index contributed by atoms with van der Waals surface area (Å²) in [6.07, 6.45) is 3.42. The van der Waals surface area contributed by atoms with Crippen molar-refractivity contribution >= 4 is 23.5 Å². The van der Waals surface area contributed by atoms with Crippen molar-refractivity contribution in [1.29, 1.82) is 0 Å². The summed E-state index contributed by atoms with van der Waals surface area (Å²) in [5.74, 6) is -0.462. The summed E-state index contributed by atoms with van der Waals surface area (Å²) in [7, 11) is 1.28. The van der Waals surface area contributed by atoms with Crippen LogP contribution in [0.5, 0.6) is 0 Å². The molecule has 0 saturated carbocycles. The van der Waals surface area contributed by atoms with Crippen LogP contribution in [0.4, 0.5) is 4.79 Å². The highest BCUT2D eigenvalue weighted by Crippen LogP contribution is 2.24. The molecule has 0 bridgehead atoms. The molecule has 0 spiro atoms. The van der Waals surface area contributed by atoms with Crippen LogP contribution < -0.4 is 5.69 Å². The van der Waals surface area contributed by atoms with Crippen LogP contribution in [0.15, 0.2) is 23.1 Å². The molecule has 1 aliphatic rings. The molecule has 198 valence electrons. The lowest BCUT2D eigenvalue weighted by atomic mass is 9.93. The third-order valence-electron chi connectivity index (χ3n) is 6.60. The predicted molar refractivity (Wildman–Crippen MR) is 135 cm³/mol. The third kappa shape index (κ3) is 5.91. The van der Waals surface area contributed by atoms with Gasteiger partial charge in [0.1, 0.15) is 11.3 Å². The van der Waals surface area contributed by atoms with Gasteiger partial charge in [0.2, 0.25) is 0 Å². The molecule has 0 atom stereocenters. The molecule has 10 nitrogen and oxygen atoms in total. The lowest BCUT2D eigenvalue weighted by Crippen LogP contribution is -2.42. The van der Waals surface area contributed by atoms with Crippen LogP contribution in [0.3, 0.4) is 0 Å². The van der Waals surface area contributed by atoms with Gasteiger partial charge in [0, 0.05) is 38.9 Å². The molecular weight excluding hydrogens is 464 g/mol. The average Bonchev–Trinajstić information content (AvgIpc) is 3.12. The summed E-state index contributed by atoms with van der Waals surface area (Å²) in [6.45, 7) is 11.9. The van der Waals surface area contributed by atoms with Crippen LogP contribution in [0, 0.1) is 5.92 Å². The normalized spacial score (nSPS) is 14.7. The first-order chi connectivity index (χ1) is 17.0. The summed E-state index contributed by atoms with van der Waals surface area (Å²) in [5, 5.41) is 0. The van der Waals surface area contributed by atoms with Gasteiger partial charge >= 0.3 is 17.8 Å². The van der Waals surface area contributed by atoms with Crippen molar-refractivity contribution < 1.29 is 23.9 Å². The van der Waals surface area contributed by atoms with Gasteiger partial charge in [0.25, 0.3) is 5.91 Å². The molecule has 0 N–H and O–H groups in total. The molecule has 0 unspecified atom stereocenters. The van der Waals surface area contributed by atoms with Gasteiger partial charge in [-0.25, -0.2) is 14.4 Å². The number of imidazole rings is 1. The number of hydrogen-bond donors (Lipinski definition) is 0. The Bertz CT molecular complexity index is 1160. The van der Waals surface area contributed by atoms with E-state index < -0.39 is 11.6 Å². The highest BCUT2D eigenvalue weighted by atomic mass is 16.6. The molecule has 1 saturated heterocycles. The fraction of sp³-hybridized carbons (Fsp3) is 0.615. The zero-order valence-electron chi connectivity index (χ0n) is 22.2. The molecule has 2 aromatic heterocycles. The fourth-order valence-corrected chi connectivity index (χ4v) is 4.59. The van der Waals surface area contributed by atoms with E-state index in [1.54, 1.807) is 21.9 Å². The van der Waals surface area contributed by atoms with Crippen LogP contribution in [0.1, 0.15) is 74.7 Å². The molecule has 0 radical (unpaired) electrons. The molecule has 1 aliphatic heterocycles. The SMILES string of the molecule is CCN(CC)C(=O)c1c2ccc(C(=O)OC)cn2c(=O)n1CCC1CCN(C(=O)OC(C)(C)C)CC1. The van der Waals surface area contributed by atoms with Crippen molar-refractivity contribution in [2.24, 2.45) is 5.92 Å². The number of piperidine rings is 1. The molecule has 2 amide bonds. The molecule has 0 aromatic carbocycles. The number of nitrogens with zero attached hydrogens (tertiary/aromatic N) is 4. The number of ether oxygens (including phenoxy) is 2. The van der Waals surface area contributed by atoms with Gasteiger partial charge in [-0.1, -0.05) is 0 Å². The fourth-order valence-electron chi connectivity index (χ4n) is 4.59. The van der Waals surface area contributed by atoms with Crippen molar-refractivity contribution in [1.82, 2.24) is 18.8 Å². The second-order valence-corrected chi connectivity index (χ2v) is 10.1. The zero-order chi connectivity index (χ0) is 26.6. The van der Waals surface area contributed by atoms with E-state index in [9.17, 15) is 19.2 Å². The highest BCUT2D eigenvalue weighted by molar-refractivity contribution is 6.00. The summed E-state index contributed by atoms with van der Waals surface area (Å²) in [4.78, 5) is 54.6. The number of likely N-dealkylation sites (tertiary alicyclic amines) is 1. The maximum atomic E-state index is 13.4. The number of pyridine rings is 1. The summed E-state index contributed by atoms with van der Waals surface area (Å²) >= 11 is 0. The van der Waals surface area contributed by atoms with E-state index in [1.807, 2.05) is 34.6 Å². The highest BCUT2D eigenvalue weighted by Gasteiger charge is 2.29. The first kappa shape index (κ1) is 27.3. The summed E-state index contributed by atoms with van der Waals surface area (Å²) < 4.78 is 13.1. The number of carbonyl (C=O) groups excluding carboxylic acids is 3. The Hall–Kier alpha value is -3.30. The summed E-state index contributed by atoms with van der Waals surface area (Å²) in [5.41, 5.74) is 0.127. The van der Waals surface area contributed by atoms with Crippen LogP contribution in [-0.4, -0.2) is 75.6 Å². The van der Waals surface area contributed by atoms with Crippen molar-refractivity contribution in [3.63, 3.8) is 0 Å². The molecule has 3 heterocycles. The molecule has 0 aliphatic carbocycles. The molecular formula is C26H38N4O6. The number of methoxy groups -OCH3 is 1. The van der Waals surface area contributed by atoms with Crippen molar-refractivity contribution in [3.8, 4) is 0 Å². The number of rotatable bonds is 7. The third-order valence-corrected chi connectivity index (χ3v) is 6.60. The molecule has 3 rings (SSSR count). The van der Waals surface area contributed by atoms with E-state index in [1.165, 1.54) is 22.3 Å². The molecule has 2 aromatic rings. The average molecular weight is 503 g/mol. The lowest BCUT2D eigenvalue weighted by molar-refractivity contribution is 0.0179. The van der Waals surface area contributed by atoms with E-state index in [2.05, 4.69) is 0 Å². The monoisotopic (exact) mass is 502 g/mol. The minimum absolute atomic E-state index is 0.217. The Morgan fingerprint density at radius 3 is 2.28 bits per heavy atom. The second kappa shape index (κ2) is 11.2. The predicted octanol–water partition coefficient (Wildman–Crippen LogP) is 3.41. The molecule has 10 heteroatoms. The van der Waals surface area contributed by atoms with Gasteiger partial charge in [-0.05, 0) is 71.9 Å². The van der Waals surface area contributed by atoms with Gasteiger partial charge in [0.15, 0.2) is 0 Å². The standard InChI is InChI=1S/C26H38N4O6/c1-7-27(8-2)22(31)21-20-10-9-19(23(32)35-6)17-30(20)24(33)29(21)16-13-18-11-14-28(15-12-18)25(34)36-26(3,4)5/h9-10,17-18H,7-8,11-16H2,1-6H3. The van der Waals surface area contributed by atoms with Crippen LogP contribution in [0.2, 0.25) is 0 Å². The van der Waals surface area contributed by atoms with Crippen molar-refractivity contribution in [2.45, 2.75) is 66.0 Å². The van der Waals surface area contributed by atoms with Gasteiger partial charge in [-0.3, -0.25) is 13.8 Å². The molecule has 36 heavy (non-hydrogen) atoms. The number of esters is 1. The van der Waals surface area contributed by atoms with E-state index in [4.69, 9.17) is 9.47 Å². The van der Waals surface area contributed by atoms with Crippen LogP contribution in [-0.2, 0) is 16.0 Å². The van der Waals surface area contributed by atoms with Gasteiger partial charge in [-0.2, -0.15) is 0 Å². The topological polar surface area (TPSA) is 103 Å². The van der Waals surface area contributed by atoms with Gasteiger partial charge in [0.05, 0.1) is 18.2 Å². The first-order valence-electron chi connectivity index (χ1n) is 12.6. The number of amides is 2. The second-order valence-electron chi connectivity index (χ2n) is 10.1. The number of hydrogen-bond acceptors (Lipinski definition) is 6. The van der Waals surface area contributed by atoms with Crippen molar-refractivity contribution in [3.05, 3.63) is 40.1 Å². The van der Waals surface area contributed by atoms with Gasteiger partial charge in [-0.15, -0.1) is 0 Å². The van der Waals surface area contributed by atoms with Gasteiger partial charge < -0.3 is 19.3 Å². The Kier molecular flexibility index (Phi) is 8.47. The Morgan fingerprint density at radius 1 is 1.08 bits per heavy atom. The Balaban J connectivity index is 1.83. The van der Waals surface area contributed by atoms with Crippen LogP contribution >= 0.6 is 0 Å². The Morgan fingerprint density at radius 2 is 1.72 bits per heavy atom. The van der Waals surface area contributed by atoms with E-state index in [0.29, 0.717) is 56.3 Å². The maximum Gasteiger partial charge on any atom is 0.410 e. The number of aromatic nitrogens is 2. The van der Waals surface area contributed by atoms with Crippen LogP contribution in [0.25, 0.3) is 5.52 Å². The largest absolute Gasteiger partial charge is 0.465 e. The Labute approximate surface area is 211 Å². The summed E-state index contributed by atoms with van der Waals surface area (Å²) in [6, 6.07) is 3.19. The van der Waals surface area contributed by atoms with Crippen molar-refractivity contribution in [2.75, 3.05) is 33.3 Å². The maximum absolute atomic E-state index is 13.4. The van der Waals surface area contributed by atoms with E-state index >= 15 is 0 Å². The molecule has 1 fully saturated rings. The first-order valence-corrected chi connectivity index (χ1v) is 12.6. The zero-order valence-corrected chi connectivity index (χ0v) is 22.2. The quantitative estimate of drug-likeness (QED) is 0.538. The minimum atomic E-state index is -0.551. The smallest absolute Gasteiger partial charge is 0.410 e. The van der Waals surface area contributed by atoms with E-state index in [-0.39, 0.29) is 23.3 Å². The number of carbonyl (C=O) groups is 3. The van der Waals surface area contributed by atoms with E-state index in [0.717, 1.165) is 12.8 Å². The minimum Gasteiger partial charge on any atom is -0.465 e.